The van der Waals surface area contributed by atoms with Gasteiger partial charge in [0.05, 0.1) is 6.61 Å². The fourth-order valence-corrected chi connectivity index (χ4v) is 1.30. The predicted molar refractivity (Wildman–Crippen MR) is 55.6 cm³/mol. The van der Waals surface area contributed by atoms with Gasteiger partial charge in [-0.2, -0.15) is 4.39 Å². The van der Waals surface area contributed by atoms with Crippen LogP contribution in [0.5, 0.6) is 5.75 Å². The highest BCUT2D eigenvalue weighted by molar-refractivity contribution is 5.75. The van der Waals surface area contributed by atoms with Gasteiger partial charge in [0.25, 0.3) is 0 Å². The SMILES string of the molecule is CCOC(=O)C(O)C(O)c1cc(O)c(F)c(F)c1. The zero-order valence-electron chi connectivity index (χ0n) is 9.43. The van der Waals surface area contributed by atoms with Crippen molar-refractivity contribution in [1.82, 2.24) is 0 Å². The first-order valence-corrected chi connectivity index (χ1v) is 5.09. The van der Waals surface area contributed by atoms with E-state index in [9.17, 15) is 23.8 Å². The smallest absolute Gasteiger partial charge is 0.338 e. The molecule has 0 aliphatic heterocycles. The number of aliphatic hydroxyl groups is 2. The molecule has 0 amide bonds. The Hall–Kier alpha value is -1.73. The van der Waals surface area contributed by atoms with Crippen LogP contribution in [0.25, 0.3) is 0 Å². The normalized spacial score (nSPS) is 14.1. The van der Waals surface area contributed by atoms with E-state index in [1.807, 2.05) is 0 Å². The number of hydrogen-bond acceptors (Lipinski definition) is 5. The molecule has 0 saturated carbocycles. The molecule has 3 N–H and O–H groups in total. The zero-order valence-corrected chi connectivity index (χ0v) is 9.43. The number of carbonyl (C=O) groups is 1. The van der Waals surface area contributed by atoms with Crippen LogP contribution in [0.2, 0.25) is 0 Å². The molecule has 7 heteroatoms. The van der Waals surface area contributed by atoms with Crippen molar-refractivity contribution < 1.29 is 33.6 Å². The van der Waals surface area contributed by atoms with Crippen molar-refractivity contribution in [3.05, 3.63) is 29.3 Å². The monoisotopic (exact) mass is 262 g/mol. The second kappa shape index (κ2) is 5.74. The molecule has 0 saturated heterocycles. The van der Waals surface area contributed by atoms with Crippen molar-refractivity contribution >= 4 is 5.97 Å². The molecule has 1 aromatic carbocycles. The Bertz CT molecular complexity index is 426. The number of phenolic OH excluding ortho intramolecular Hbond substituents is 1. The van der Waals surface area contributed by atoms with Crippen LogP contribution in [0, 0.1) is 11.6 Å². The topological polar surface area (TPSA) is 87.0 Å². The summed E-state index contributed by atoms with van der Waals surface area (Å²) >= 11 is 0. The number of esters is 1. The van der Waals surface area contributed by atoms with Crippen molar-refractivity contribution in [2.75, 3.05) is 6.61 Å². The number of aromatic hydroxyl groups is 1. The van der Waals surface area contributed by atoms with Crippen molar-refractivity contribution in [2.24, 2.45) is 0 Å². The van der Waals surface area contributed by atoms with Crippen LogP contribution in [0.1, 0.15) is 18.6 Å². The first-order chi connectivity index (χ1) is 8.38. The number of carbonyl (C=O) groups excluding carboxylic acids is 1. The summed E-state index contributed by atoms with van der Waals surface area (Å²) in [7, 11) is 0. The first-order valence-electron chi connectivity index (χ1n) is 5.09. The molecular weight excluding hydrogens is 250 g/mol. The van der Waals surface area contributed by atoms with Gasteiger partial charge in [0.15, 0.2) is 23.5 Å². The molecule has 1 rings (SSSR count). The minimum atomic E-state index is -1.95. The van der Waals surface area contributed by atoms with E-state index in [0.29, 0.717) is 12.1 Å². The first kappa shape index (κ1) is 14.3. The fraction of sp³-hybridized carbons (Fsp3) is 0.364. The average molecular weight is 262 g/mol. The van der Waals surface area contributed by atoms with Crippen LogP contribution in [0.15, 0.2) is 12.1 Å². The summed E-state index contributed by atoms with van der Waals surface area (Å²) in [5.41, 5.74) is -0.341. The predicted octanol–water partition coefficient (Wildman–Crippen LogP) is 0.628. The van der Waals surface area contributed by atoms with E-state index in [1.54, 1.807) is 0 Å². The molecule has 100 valence electrons. The lowest BCUT2D eigenvalue weighted by Gasteiger charge is -2.17. The van der Waals surface area contributed by atoms with Gasteiger partial charge in [0, 0.05) is 0 Å². The third kappa shape index (κ3) is 2.93. The second-order valence-corrected chi connectivity index (χ2v) is 3.48. The molecule has 0 heterocycles. The van der Waals surface area contributed by atoms with E-state index in [2.05, 4.69) is 4.74 Å². The molecule has 0 aliphatic rings. The Kier molecular flexibility index (Phi) is 4.57. The Morgan fingerprint density at radius 3 is 2.50 bits per heavy atom. The van der Waals surface area contributed by atoms with E-state index in [4.69, 9.17) is 5.11 Å². The van der Waals surface area contributed by atoms with Gasteiger partial charge in [-0.1, -0.05) is 0 Å². The van der Waals surface area contributed by atoms with Crippen molar-refractivity contribution in [1.29, 1.82) is 0 Å². The van der Waals surface area contributed by atoms with Crippen molar-refractivity contribution in [3.8, 4) is 5.75 Å². The van der Waals surface area contributed by atoms with Crippen LogP contribution >= 0.6 is 0 Å². The van der Waals surface area contributed by atoms with Gasteiger partial charge in [-0.25, -0.2) is 9.18 Å². The largest absolute Gasteiger partial charge is 0.505 e. The van der Waals surface area contributed by atoms with E-state index in [0.717, 1.165) is 0 Å². The third-order valence-corrected chi connectivity index (χ3v) is 2.20. The van der Waals surface area contributed by atoms with E-state index >= 15 is 0 Å². The second-order valence-electron chi connectivity index (χ2n) is 3.48. The molecule has 1 aromatic rings. The molecule has 0 radical (unpaired) electrons. The summed E-state index contributed by atoms with van der Waals surface area (Å²) in [5.74, 6) is -5.01. The number of halogens is 2. The Labute approximate surface area is 101 Å². The quantitative estimate of drug-likeness (QED) is 0.693. The highest BCUT2D eigenvalue weighted by Crippen LogP contribution is 2.26. The Balaban J connectivity index is 2.97. The maximum Gasteiger partial charge on any atom is 0.338 e. The lowest BCUT2D eigenvalue weighted by Crippen LogP contribution is -2.30. The fourth-order valence-electron chi connectivity index (χ4n) is 1.30. The molecule has 2 atom stereocenters. The number of ether oxygens (including phenoxy) is 1. The Morgan fingerprint density at radius 2 is 2.00 bits per heavy atom. The summed E-state index contributed by atoms with van der Waals surface area (Å²) in [6.07, 6.45) is -3.78. The van der Waals surface area contributed by atoms with Gasteiger partial charge in [-0.3, -0.25) is 0 Å². The van der Waals surface area contributed by atoms with Crippen LogP contribution in [-0.4, -0.2) is 34.0 Å². The third-order valence-electron chi connectivity index (χ3n) is 2.20. The molecule has 18 heavy (non-hydrogen) atoms. The van der Waals surface area contributed by atoms with Gasteiger partial charge in [-0.15, -0.1) is 0 Å². The maximum absolute atomic E-state index is 13.0. The molecule has 0 aromatic heterocycles. The summed E-state index contributed by atoms with van der Waals surface area (Å²) in [5, 5.41) is 28.0. The molecule has 0 aliphatic carbocycles. The van der Waals surface area contributed by atoms with Gasteiger partial charge in [0.1, 0.15) is 6.10 Å². The highest BCUT2D eigenvalue weighted by Gasteiger charge is 2.28. The van der Waals surface area contributed by atoms with E-state index < -0.39 is 35.6 Å². The summed E-state index contributed by atoms with van der Waals surface area (Å²) in [6.45, 7) is 1.49. The average Bonchev–Trinajstić information content (AvgIpc) is 2.33. The molecular formula is C11H12F2O5. The van der Waals surface area contributed by atoms with Crippen molar-refractivity contribution in [2.45, 2.75) is 19.1 Å². The van der Waals surface area contributed by atoms with E-state index in [1.165, 1.54) is 6.92 Å². The van der Waals surface area contributed by atoms with Crippen LogP contribution < -0.4 is 0 Å². The van der Waals surface area contributed by atoms with Gasteiger partial charge in [-0.05, 0) is 24.6 Å². The van der Waals surface area contributed by atoms with Gasteiger partial charge >= 0.3 is 5.97 Å². The summed E-state index contributed by atoms with van der Waals surface area (Å²) in [4.78, 5) is 11.1. The lowest BCUT2D eigenvalue weighted by molar-refractivity contribution is -0.159. The minimum Gasteiger partial charge on any atom is -0.505 e. The van der Waals surface area contributed by atoms with Crippen molar-refractivity contribution in [3.63, 3.8) is 0 Å². The van der Waals surface area contributed by atoms with Gasteiger partial charge in [0.2, 0.25) is 0 Å². The standard InChI is InChI=1S/C11H12F2O5/c1-2-18-11(17)10(16)9(15)5-3-6(12)8(13)7(14)4-5/h3-4,9-10,14-16H,2H2,1H3. The highest BCUT2D eigenvalue weighted by atomic mass is 19.2. The summed E-state index contributed by atoms with van der Waals surface area (Å²) < 4.78 is 30.2. The Morgan fingerprint density at radius 1 is 1.39 bits per heavy atom. The molecule has 5 nitrogen and oxygen atoms in total. The summed E-state index contributed by atoms with van der Waals surface area (Å²) in [6, 6.07) is 1.29. The number of phenols is 1. The lowest BCUT2D eigenvalue weighted by atomic mass is 10.0. The molecule has 0 spiro atoms. The zero-order chi connectivity index (χ0) is 13.9. The number of hydrogen-bond donors (Lipinski definition) is 3. The number of aliphatic hydroxyl groups excluding tert-OH is 2. The van der Waals surface area contributed by atoms with Crippen LogP contribution in [-0.2, 0) is 9.53 Å². The van der Waals surface area contributed by atoms with Crippen LogP contribution in [0.4, 0.5) is 8.78 Å². The van der Waals surface area contributed by atoms with Gasteiger partial charge < -0.3 is 20.1 Å². The number of rotatable bonds is 4. The van der Waals surface area contributed by atoms with E-state index in [-0.39, 0.29) is 12.2 Å². The number of benzene rings is 1. The molecule has 0 fully saturated rings. The molecule has 0 bridgehead atoms. The van der Waals surface area contributed by atoms with Crippen LogP contribution in [0.3, 0.4) is 0 Å². The minimum absolute atomic E-state index is 0.00829. The molecule has 2 unspecified atom stereocenters. The maximum atomic E-state index is 13.0.